The van der Waals surface area contributed by atoms with Gasteiger partial charge in [0.15, 0.2) is 0 Å². The Morgan fingerprint density at radius 3 is 0.745 bits per heavy atom. The lowest BCUT2D eigenvalue weighted by atomic mass is 9.93. The largest absolute Gasteiger partial charge is 0.417 e. The van der Waals surface area contributed by atoms with Crippen molar-refractivity contribution in [2.75, 3.05) is 0 Å². The lowest BCUT2D eigenvalue weighted by Crippen LogP contribution is -2.12. The molecule has 0 radical (unpaired) electrons. The second-order valence-corrected chi connectivity index (χ2v) is 23.0. The normalized spacial score (nSPS) is 13.2. The average Bonchev–Trinajstić information content (AvgIpc) is 1.55. The fourth-order valence-corrected chi connectivity index (χ4v) is 12.4. The summed E-state index contributed by atoms with van der Waals surface area (Å²) in [6, 6.07) is 19.0. The average molecular weight is 1450 g/mol. The maximum atomic E-state index is 16.0. The molecule has 522 valence electrons. The standard InChI is InChI=1S/C71H29F27N4/c72-63(73,74)38-6-15-42(53(25-38)68(87,88)89)33-2-11-47-48-12-3-34(43-16-7-39(64(75,76)77)26-54(43)69(90,91)92)21-59(48)101(58(47)20-33)57-29-51(46-10-1-32(30-99)19-52(46)67(84,85)86)62(24-37(57)31-100)102-60-22-35(44-17-8-40(65(78,79)80)27-55(44)70(93,94)95)4-13-49(60)50-14-5-36(23-61(50)102)45-18-9-41(66(81,82)83)28-56(45)71(96,97)98/h1-29H. The minimum Gasteiger partial charge on any atom is -0.309 e. The maximum absolute atomic E-state index is 16.0. The molecule has 12 rings (SSSR count). The maximum Gasteiger partial charge on any atom is 0.417 e. The number of aromatic nitrogens is 2. The molecule has 0 aliphatic rings. The van der Waals surface area contributed by atoms with Gasteiger partial charge in [-0.1, -0.05) is 78.9 Å². The molecule has 0 spiro atoms. The molecular weight excluding hydrogens is 1420 g/mol. The highest BCUT2D eigenvalue weighted by Crippen LogP contribution is 2.52. The van der Waals surface area contributed by atoms with E-state index in [1.165, 1.54) is 6.07 Å². The zero-order chi connectivity index (χ0) is 74.5. The molecule has 31 heteroatoms. The summed E-state index contributed by atoms with van der Waals surface area (Å²) >= 11 is 0. The number of hydrogen-bond acceptors (Lipinski definition) is 2. The Morgan fingerprint density at radius 2 is 0.490 bits per heavy atom. The van der Waals surface area contributed by atoms with Crippen LogP contribution in [0.2, 0.25) is 0 Å². The van der Waals surface area contributed by atoms with Gasteiger partial charge in [-0.2, -0.15) is 129 Å². The Hall–Kier alpha value is -11.1. The lowest BCUT2D eigenvalue weighted by Gasteiger charge is -2.22. The third-order valence-electron chi connectivity index (χ3n) is 16.8. The predicted octanol–water partition coefficient (Wildman–Crippen LogP) is 25.1. The number of rotatable bonds is 7. The molecule has 102 heavy (non-hydrogen) atoms. The second-order valence-electron chi connectivity index (χ2n) is 23.0. The quantitative estimate of drug-likeness (QED) is 0.149. The molecule has 0 saturated heterocycles. The summed E-state index contributed by atoms with van der Waals surface area (Å²) in [5.41, 5.74) is -30.5. The van der Waals surface area contributed by atoms with E-state index in [0.29, 0.717) is 42.5 Å². The van der Waals surface area contributed by atoms with E-state index in [9.17, 15) is 89.6 Å². The highest BCUT2D eigenvalue weighted by Gasteiger charge is 2.44. The van der Waals surface area contributed by atoms with Crippen molar-refractivity contribution in [1.82, 2.24) is 9.13 Å². The first-order valence-corrected chi connectivity index (χ1v) is 28.7. The molecule has 12 aromatic rings. The van der Waals surface area contributed by atoms with E-state index >= 15 is 39.5 Å². The van der Waals surface area contributed by atoms with Crippen LogP contribution in [0.3, 0.4) is 0 Å². The van der Waals surface area contributed by atoms with Gasteiger partial charge in [-0.3, -0.25) is 0 Å². The summed E-state index contributed by atoms with van der Waals surface area (Å²) in [5.74, 6) is 0. The van der Waals surface area contributed by atoms with Crippen molar-refractivity contribution in [2.45, 2.75) is 55.6 Å². The van der Waals surface area contributed by atoms with E-state index in [4.69, 9.17) is 0 Å². The molecule has 0 bridgehead atoms. The van der Waals surface area contributed by atoms with Crippen LogP contribution in [0, 0.1) is 22.7 Å². The van der Waals surface area contributed by atoms with Gasteiger partial charge in [0.2, 0.25) is 0 Å². The summed E-state index contributed by atoms with van der Waals surface area (Å²) < 4.78 is 398. The van der Waals surface area contributed by atoms with Crippen molar-refractivity contribution < 1.29 is 119 Å². The minimum absolute atomic E-state index is 0.196. The van der Waals surface area contributed by atoms with E-state index < -0.39 is 206 Å². The van der Waals surface area contributed by atoms with Crippen LogP contribution in [-0.2, 0) is 55.6 Å². The molecule has 10 aromatic carbocycles. The van der Waals surface area contributed by atoms with Gasteiger partial charge in [0.25, 0.3) is 0 Å². The summed E-state index contributed by atoms with van der Waals surface area (Å²) in [6.07, 6.45) is -49.6. The topological polar surface area (TPSA) is 57.4 Å². The molecule has 0 atom stereocenters. The van der Waals surface area contributed by atoms with Gasteiger partial charge in [0.1, 0.15) is 6.07 Å². The van der Waals surface area contributed by atoms with Gasteiger partial charge in [0, 0.05) is 27.1 Å². The molecule has 4 nitrogen and oxygen atoms in total. The molecule has 0 aliphatic heterocycles. The number of fused-ring (bicyclic) bond motifs is 6. The van der Waals surface area contributed by atoms with Crippen LogP contribution in [0.1, 0.15) is 61.2 Å². The first-order valence-electron chi connectivity index (χ1n) is 28.7. The monoisotopic (exact) mass is 1450 g/mol. The Balaban J connectivity index is 1.27. The van der Waals surface area contributed by atoms with Crippen LogP contribution < -0.4 is 0 Å². The van der Waals surface area contributed by atoms with E-state index in [1.54, 1.807) is 6.07 Å². The van der Waals surface area contributed by atoms with Crippen LogP contribution in [0.4, 0.5) is 119 Å². The smallest absolute Gasteiger partial charge is 0.309 e. The van der Waals surface area contributed by atoms with E-state index in [2.05, 4.69) is 0 Å². The second kappa shape index (κ2) is 23.8. The first-order chi connectivity index (χ1) is 47.2. The highest BCUT2D eigenvalue weighted by molar-refractivity contribution is 6.14. The van der Waals surface area contributed by atoms with Crippen LogP contribution in [-0.4, -0.2) is 9.13 Å². The Morgan fingerprint density at radius 1 is 0.225 bits per heavy atom. The number of benzene rings is 10. The van der Waals surface area contributed by atoms with Gasteiger partial charge in [0.05, 0.1) is 101 Å². The third-order valence-corrected chi connectivity index (χ3v) is 16.8. The van der Waals surface area contributed by atoms with Crippen molar-refractivity contribution >= 4 is 43.6 Å². The van der Waals surface area contributed by atoms with Gasteiger partial charge < -0.3 is 9.13 Å². The number of hydrogen-bond donors (Lipinski definition) is 0. The minimum atomic E-state index is -5.62. The van der Waals surface area contributed by atoms with E-state index in [0.717, 1.165) is 88.0 Å². The lowest BCUT2D eigenvalue weighted by molar-refractivity contribution is -0.144. The zero-order valence-corrected chi connectivity index (χ0v) is 49.7. The molecule has 2 heterocycles. The van der Waals surface area contributed by atoms with Crippen LogP contribution in [0.5, 0.6) is 0 Å². The fraction of sp³-hybridized carbons (Fsp3) is 0.127. The van der Waals surface area contributed by atoms with Crippen molar-refractivity contribution in [3.8, 4) is 79.1 Å². The van der Waals surface area contributed by atoms with Gasteiger partial charge in [-0.25, -0.2) is 0 Å². The number of alkyl halides is 27. The van der Waals surface area contributed by atoms with Crippen molar-refractivity contribution in [2.24, 2.45) is 0 Å². The van der Waals surface area contributed by atoms with Crippen molar-refractivity contribution in [1.29, 1.82) is 10.5 Å². The molecule has 0 N–H and O–H groups in total. The third kappa shape index (κ3) is 12.8. The van der Waals surface area contributed by atoms with Crippen molar-refractivity contribution in [3.05, 3.63) is 237 Å². The highest BCUT2D eigenvalue weighted by atomic mass is 19.4. The molecule has 0 fully saturated rings. The van der Waals surface area contributed by atoms with Crippen molar-refractivity contribution in [3.63, 3.8) is 0 Å². The molecule has 0 aliphatic carbocycles. The summed E-state index contributed by atoms with van der Waals surface area (Å²) in [5, 5.41) is 20.6. The Bertz CT molecular complexity index is 5270. The zero-order valence-electron chi connectivity index (χ0n) is 49.7. The molecular formula is C71H29F27N4. The summed E-state index contributed by atoms with van der Waals surface area (Å²) in [7, 11) is 0. The summed E-state index contributed by atoms with van der Waals surface area (Å²) in [4.78, 5) is 0. The van der Waals surface area contributed by atoms with Crippen LogP contribution in [0.15, 0.2) is 176 Å². The Labute approximate surface area is 552 Å². The first kappa shape index (κ1) is 70.7. The fourth-order valence-electron chi connectivity index (χ4n) is 12.4. The van der Waals surface area contributed by atoms with E-state index in [1.807, 2.05) is 0 Å². The Kier molecular flexibility index (Phi) is 16.5. The number of halogens is 27. The predicted molar refractivity (Wildman–Crippen MR) is 317 cm³/mol. The molecule has 0 amide bonds. The SMILES string of the molecule is N#Cc1ccc(-c2cc(-n3c4cc(-c5ccc(C(F)(F)F)cc5C(F)(F)F)ccc4c4ccc(-c5ccc(C(F)(F)F)cc5C(F)(F)F)cc43)c(C#N)cc2-n2c3cc(-c4ccc(C(F)(F)F)cc4C(F)(F)F)ccc3c3ccc(-c4ccc(C(F)(F)F)cc4C(F)(F)F)cc32)c(C(F)(F)F)c1. The molecule has 0 saturated carbocycles. The number of nitriles is 2. The van der Waals surface area contributed by atoms with E-state index in [-0.39, 0.29) is 76.1 Å². The van der Waals surface area contributed by atoms with Crippen LogP contribution >= 0.6 is 0 Å². The van der Waals surface area contributed by atoms with Gasteiger partial charge >= 0.3 is 55.6 Å². The number of nitrogens with zero attached hydrogens (tertiary/aromatic N) is 4. The van der Waals surface area contributed by atoms with Crippen LogP contribution in [0.25, 0.3) is 111 Å². The van der Waals surface area contributed by atoms with Gasteiger partial charge in [-0.05, 0) is 147 Å². The molecule has 0 unspecified atom stereocenters. The van der Waals surface area contributed by atoms with Gasteiger partial charge in [-0.15, -0.1) is 0 Å². The summed E-state index contributed by atoms with van der Waals surface area (Å²) in [6.45, 7) is 0. The molecule has 2 aromatic heterocycles.